The number of hydrogen-bond donors (Lipinski definition) is 2. The third kappa shape index (κ3) is 2.15. The number of para-hydroxylation sites is 1. The second-order valence-corrected chi connectivity index (χ2v) is 7.27. The van der Waals surface area contributed by atoms with Crippen LogP contribution in [0.5, 0.6) is 0 Å². The maximum absolute atomic E-state index is 11.8. The zero-order chi connectivity index (χ0) is 13.6. The van der Waals surface area contributed by atoms with Crippen molar-refractivity contribution in [3.05, 3.63) is 24.0 Å². The molecule has 2 atom stereocenters. The lowest BCUT2D eigenvalue weighted by Crippen LogP contribution is -2.09. The molecule has 5 nitrogen and oxygen atoms in total. The number of sulfone groups is 1. The highest BCUT2D eigenvalue weighted by Gasteiger charge is 2.28. The van der Waals surface area contributed by atoms with Crippen LogP contribution < -0.4 is 5.32 Å². The highest BCUT2D eigenvalue weighted by atomic mass is 32.2. The quantitative estimate of drug-likeness (QED) is 0.868. The number of rotatable bonds is 2. The van der Waals surface area contributed by atoms with Crippen LogP contribution in [0.15, 0.2) is 23.1 Å². The smallest absolute Gasteiger partial charge is 0.177 e. The van der Waals surface area contributed by atoms with Crippen molar-refractivity contribution in [2.75, 3.05) is 19.3 Å². The molecule has 1 fully saturated rings. The van der Waals surface area contributed by atoms with E-state index in [1.807, 2.05) is 6.07 Å². The molecule has 102 valence electrons. The van der Waals surface area contributed by atoms with Crippen LogP contribution in [0.4, 0.5) is 0 Å². The van der Waals surface area contributed by atoms with Crippen molar-refractivity contribution in [3.63, 3.8) is 0 Å². The molecule has 19 heavy (non-hydrogen) atoms. The summed E-state index contributed by atoms with van der Waals surface area (Å²) in [6.45, 7) is 4.03. The normalized spacial score (nSPS) is 24.1. The van der Waals surface area contributed by atoms with E-state index in [0.29, 0.717) is 22.2 Å². The van der Waals surface area contributed by atoms with Crippen LogP contribution in [-0.4, -0.2) is 37.7 Å². The summed E-state index contributed by atoms with van der Waals surface area (Å²) in [5, 5.41) is 3.33. The van der Waals surface area contributed by atoms with Crippen LogP contribution in [0.25, 0.3) is 11.0 Å². The third-order valence-corrected chi connectivity index (χ3v) is 4.89. The van der Waals surface area contributed by atoms with Crippen molar-refractivity contribution in [2.45, 2.75) is 17.7 Å². The first-order chi connectivity index (χ1) is 8.97. The van der Waals surface area contributed by atoms with Gasteiger partial charge in [0.25, 0.3) is 0 Å². The SMILES string of the molecule is C[C@@H]1CNC[C@H]1c1nc2c(S(C)(=O)=O)cccc2[nH]1. The zero-order valence-corrected chi connectivity index (χ0v) is 11.8. The predicted molar refractivity (Wildman–Crippen MR) is 74.0 cm³/mol. The minimum absolute atomic E-state index is 0.297. The number of aromatic nitrogens is 2. The Balaban J connectivity index is 2.16. The Hall–Kier alpha value is -1.40. The Morgan fingerprint density at radius 1 is 1.32 bits per heavy atom. The summed E-state index contributed by atoms with van der Waals surface area (Å²) in [5.74, 6) is 1.70. The van der Waals surface area contributed by atoms with Gasteiger partial charge in [0.15, 0.2) is 9.84 Å². The molecular formula is C13H17N3O2S. The van der Waals surface area contributed by atoms with E-state index >= 15 is 0 Å². The molecule has 0 aliphatic carbocycles. The van der Waals surface area contributed by atoms with Crippen molar-refractivity contribution < 1.29 is 8.42 Å². The Morgan fingerprint density at radius 2 is 2.11 bits per heavy atom. The maximum atomic E-state index is 11.8. The summed E-state index contributed by atoms with van der Waals surface area (Å²) in [4.78, 5) is 8.10. The van der Waals surface area contributed by atoms with Crippen molar-refractivity contribution in [1.29, 1.82) is 0 Å². The Morgan fingerprint density at radius 3 is 2.74 bits per heavy atom. The van der Waals surface area contributed by atoms with E-state index in [1.54, 1.807) is 12.1 Å². The molecular weight excluding hydrogens is 262 g/mol. The van der Waals surface area contributed by atoms with Gasteiger partial charge in [0.05, 0.1) is 10.4 Å². The molecule has 2 N–H and O–H groups in total. The van der Waals surface area contributed by atoms with Crippen LogP contribution in [0.3, 0.4) is 0 Å². The first-order valence-electron chi connectivity index (χ1n) is 6.36. The minimum atomic E-state index is -3.25. The molecule has 1 aromatic heterocycles. The number of nitrogens with zero attached hydrogens (tertiary/aromatic N) is 1. The summed E-state index contributed by atoms with van der Waals surface area (Å²) in [7, 11) is -3.25. The predicted octanol–water partition coefficient (Wildman–Crippen LogP) is 1.29. The average Bonchev–Trinajstić information content (AvgIpc) is 2.91. The summed E-state index contributed by atoms with van der Waals surface area (Å²) in [6.07, 6.45) is 1.22. The van der Waals surface area contributed by atoms with E-state index in [-0.39, 0.29) is 0 Å². The summed E-state index contributed by atoms with van der Waals surface area (Å²) >= 11 is 0. The van der Waals surface area contributed by atoms with Crippen molar-refractivity contribution in [3.8, 4) is 0 Å². The summed E-state index contributed by atoms with van der Waals surface area (Å²) in [6, 6.07) is 5.23. The fourth-order valence-electron chi connectivity index (χ4n) is 2.68. The standard InChI is InChI=1S/C13H17N3O2S/c1-8-6-14-7-9(8)13-15-10-4-3-5-11(12(10)16-13)19(2,17)18/h3-5,8-9,14H,6-7H2,1-2H3,(H,15,16)/t8-,9-/m1/s1. The summed E-state index contributed by atoms with van der Waals surface area (Å²) < 4.78 is 23.6. The molecule has 0 spiro atoms. The Labute approximate surface area is 112 Å². The molecule has 0 radical (unpaired) electrons. The number of hydrogen-bond acceptors (Lipinski definition) is 4. The van der Waals surface area contributed by atoms with Gasteiger partial charge in [0, 0.05) is 18.7 Å². The number of H-pyrrole nitrogens is 1. The van der Waals surface area contributed by atoms with Gasteiger partial charge >= 0.3 is 0 Å². The molecule has 0 saturated carbocycles. The van der Waals surface area contributed by atoms with Crippen LogP contribution >= 0.6 is 0 Å². The molecule has 6 heteroatoms. The lowest BCUT2D eigenvalue weighted by Gasteiger charge is -2.09. The first-order valence-corrected chi connectivity index (χ1v) is 8.25. The molecule has 1 aliphatic rings. The Bertz CT molecular complexity index is 721. The van der Waals surface area contributed by atoms with Gasteiger partial charge in [-0.3, -0.25) is 0 Å². The van der Waals surface area contributed by atoms with E-state index in [1.165, 1.54) is 6.26 Å². The molecule has 3 rings (SSSR count). The fraction of sp³-hybridized carbons (Fsp3) is 0.462. The van der Waals surface area contributed by atoms with Gasteiger partial charge in [-0.15, -0.1) is 0 Å². The van der Waals surface area contributed by atoms with Gasteiger partial charge < -0.3 is 10.3 Å². The van der Waals surface area contributed by atoms with Gasteiger partial charge in [-0.2, -0.15) is 0 Å². The fourth-order valence-corrected chi connectivity index (χ4v) is 3.51. The second-order valence-electron chi connectivity index (χ2n) is 5.29. The average molecular weight is 279 g/mol. The minimum Gasteiger partial charge on any atom is -0.342 e. The molecule has 0 bridgehead atoms. The van der Waals surface area contributed by atoms with Crippen molar-refractivity contribution in [1.82, 2.24) is 15.3 Å². The Kier molecular flexibility index (Phi) is 2.87. The van der Waals surface area contributed by atoms with Crippen LogP contribution in [0.1, 0.15) is 18.7 Å². The summed E-state index contributed by atoms with van der Waals surface area (Å²) in [5.41, 5.74) is 1.34. The second kappa shape index (κ2) is 4.31. The van der Waals surface area contributed by atoms with Gasteiger partial charge in [0.1, 0.15) is 11.3 Å². The lowest BCUT2D eigenvalue weighted by atomic mass is 9.98. The first kappa shape index (κ1) is 12.6. The molecule has 1 aliphatic heterocycles. The van der Waals surface area contributed by atoms with E-state index in [2.05, 4.69) is 22.2 Å². The largest absolute Gasteiger partial charge is 0.342 e. The van der Waals surface area contributed by atoms with Gasteiger partial charge in [-0.05, 0) is 24.6 Å². The number of imidazole rings is 1. The maximum Gasteiger partial charge on any atom is 0.177 e. The van der Waals surface area contributed by atoms with E-state index in [0.717, 1.165) is 24.4 Å². The van der Waals surface area contributed by atoms with Gasteiger partial charge in [-0.1, -0.05) is 13.0 Å². The molecule has 0 amide bonds. The molecule has 1 aromatic carbocycles. The molecule has 2 heterocycles. The third-order valence-electron chi connectivity index (χ3n) is 3.76. The van der Waals surface area contributed by atoms with Crippen LogP contribution in [0, 0.1) is 5.92 Å². The molecule has 1 saturated heterocycles. The van der Waals surface area contributed by atoms with Crippen LogP contribution in [-0.2, 0) is 9.84 Å². The van der Waals surface area contributed by atoms with Crippen molar-refractivity contribution in [2.24, 2.45) is 5.92 Å². The van der Waals surface area contributed by atoms with Gasteiger partial charge in [0.2, 0.25) is 0 Å². The number of nitrogens with one attached hydrogen (secondary N) is 2. The highest BCUT2D eigenvalue weighted by Crippen LogP contribution is 2.29. The number of fused-ring (bicyclic) bond motifs is 1. The number of benzene rings is 1. The molecule has 2 aromatic rings. The number of aromatic amines is 1. The highest BCUT2D eigenvalue weighted by molar-refractivity contribution is 7.91. The zero-order valence-electron chi connectivity index (χ0n) is 11.0. The lowest BCUT2D eigenvalue weighted by molar-refractivity contribution is 0.551. The van der Waals surface area contributed by atoms with E-state index in [9.17, 15) is 8.42 Å². The molecule has 0 unspecified atom stereocenters. The van der Waals surface area contributed by atoms with Gasteiger partial charge in [-0.25, -0.2) is 13.4 Å². The van der Waals surface area contributed by atoms with E-state index < -0.39 is 9.84 Å². The van der Waals surface area contributed by atoms with Crippen molar-refractivity contribution >= 4 is 20.9 Å². The van der Waals surface area contributed by atoms with E-state index in [4.69, 9.17) is 0 Å². The van der Waals surface area contributed by atoms with Crippen LogP contribution in [0.2, 0.25) is 0 Å². The topological polar surface area (TPSA) is 74.8 Å². The monoisotopic (exact) mass is 279 g/mol.